The lowest BCUT2D eigenvalue weighted by molar-refractivity contribution is 0.101. The zero-order chi connectivity index (χ0) is 20.8. The molecule has 1 atom stereocenters. The number of fused-ring (bicyclic) bond motifs is 2. The average molecular weight is 402 g/mol. The molecule has 1 N–H and O–H groups in total. The predicted molar refractivity (Wildman–Crippen MR) is 118 cm³/mol. The highest BCUT2D eigenvalue weighted by molar-refractivity contribution is 6.15. The summed E-state index contributed by atoms with van der Waals surface area (Å²) in [6, 6.07) is 11.8. The molecule has 5 heteroatoms. The number of carbonyl (C=O) groups excluding carboxylic acids is 1. The van der Waals surface area contributed by atoms with Crippen molar-refractivity contribution in [2.45, 2.75) is 38.8 Å². The molecule has 5 nitrogen and oxygen atoms in total. The SMILES string of the molecule is CC1CCCCN1Cc1c(O)ccc2c1O/C(=C\c1cn(C)c3ccccc13)C2=O. The van der Waals surface area contributed by atoms with Crippen LogP contribution in [0.3, 0.4) is 0 Å². The summed E-state index contributed by atoms with van der Waals surface area (Å²) in [5.74, 6) is 0.862. The van der Waals surface area contributed by atoms with E-state index in [0.717, 1.165) is 35.9 Å². The lowest BCUT2D eigenvalue weighted by atomic mass is 10.0. The van der Waals surface area contributed by atoms with E-state index < -0.39 is 0 Å². The summed E-state index contributed by atoms with van der Waals surface area (Å²) < 4.78 is 8.13. The number of carbonyl (C=O) groups is 1. The summed E-state index contributed by atoms with van der Waals surface area (Å²) in [5, 5.41) is 11.6. The van der Waals surface area contributed by atoms with Gasteiger partial charge in [-0.1, -0.05) is 24.6 Å². The molecule has 0 spiro atoms. The van der Waals surface area contributed by atoms with Gasteiger partial charge in [0.15, 0.2) is 5.76 Å². The maximum atomic E-state index is 13.1. The molecule has 1 saturated heterocycles. The molecule has 0 amide bonds. The normalized spacial score (nSPS) is 20.7. The number of phenols is 1. The summed E-state index contributed by atoms with van der Waals surface area (Å²) in [6.07, 6.45) is 7.37. The maximum absolute atomic E-state index is 13.1. The predicted octanol–water partition coefficient (Wildman–Crippen LogP) is 4.87. The van der Waals surface area contributed by atoms with E-state index in [1.165, 1.54) is 6.42 Å². The quantitative estimate of drug-likeness (QED) is 0.635. The highest BCUT2D eigenvalue weighted by Crippen LogP contribution is 2.41. The zero-order valence-corrected chi connectivity index (χ0v) is 17.4. The van der Waals surface area contributed by atoms with E-state index >= 15 is 0 Å². The van der Waals surface area contributed by atoms with E-state index in [-0.39, 0.29) is 11.5 Å². The Labute approximate surface area is 176 Å². The number of nitrogens with zero attached hydrogens (tertiary/aromatic N) is 2. The number of hydrogen-bond donors (Lipinski definition) is 1. The van der Waals surface area contributed by atoms with E-state index in [1.807, 2.05) is 42.1 Å². The lowest BCUT2D eigenvalue weighted by Gasteiger charge is -2.33. The highest BCUT2D eigenvalue weighted by Gasteiger charge is 2.32. The van der Waals surface area contributed by atoms with E-state index in [4.69, 9.17) is 4.74 Å². The summed E-state index contributed by atoms with van der Waals surface area (Å²) in [7, 11) is 1.99. The van der Waals surface area contributed by atoms with Crippen LogP contribution in [0.1, 0.15) is 47.7 Å². The van der Waals surface area contributed by atoms with Gasteiger partial charge < -0.3 is 14.4 Å². The largest absolute Gasteiger partial charge is 0.507 e. The second-order valence-electron chi connectivity index (χ2n) is 8.41. The molecule has 0 radical (unpaired) electrons. The fraction of sp³-hybridized carbons (Fsp3) is 0.320. The first-order valence-corrected chi connectivity index (χ1v) is 10.6. The number of hydrogen-bond acceptors (Lipinski definition) is 4. The number of aromatic nitrogens is 1. The first kappa shape index (κ1) is 18.9. The van der Waals surface area contributed by atoms with Crippen LogP contribution in [-0.2, 0) is 13.6 Å². The molecule has 0 saturated carbocycles. The van der Waals surface area contributed by atoms with E-state index in [0.29, 0.717) is 35.2 Å². The van der Waals surface area contributed by atoms with Crippen LogP contribution in [0.25, 0.3) is 17.0 Å². The number of phenolic OH excluding ortho intramolecular Hbond substituents is 1. The molecule has 1 aromatic heterocycles. The van der Waals surface area contributed by atoms with Crippen LogP contribution in [0, 0.1) is 0 Å². The van der Waals surface area contributed by atoms with Crippen molar-refractivity contribution in [1.82, 2.24) is 9.47 Å². The topological polar surface area (TPSA) is 54.7 Å². The van der Waals surface area contributed by atoms with E-state index in [9.17, 15) is 9.90 Å². The third-order valence-corrected chi connectivity index (χ3v) is 6.43. The molecule has 30 heavy (non-hydrogen) atoms. The number of piperidine rings is 1. The number of benzene rings is 2. The van der Waals surface area contributed by atoms with E-state index in [1.54, 1.807) is 12.1 Å². The summed E-state index contributed by atoms with van der Waals surface area (Å²) in [6.45, 7) is 3.80. The van der Waals surface area contributed by atoms with Crippen molar-refractivity contribution in [2.75, 3.05) is 6.54 Å². The number of aryl methyl sites for hydroxylation is 1. The zero-order valence-electron chi connectivity index (χ0n) is 17.4. The third-order valence-electron chi connectivity index (χ3n) is 6.43. The van der Waals surface area contributed by atoms with Crippen LogP contribution in [0.15, 0.2) is 48.4 Å². The van der Waals surface area contributed by atoms with Gasteiger partial charge in [-0.2, -0.15) is 0 Å². The minimum Gasteiger partial charge on any atom is -0.507 e. The summed E-state index contributed by atoms with van der Waals surface area (Å²) in [4.78, 5) is 15.4. The maximum Gasteiger partial charge on any atom is 0.231 e. The minimum absolute atomic E-state index is 0.133. The Balaban J connectivity index is 1.52. The van der Waals surface area contributed by atoms with Crippen molar-refractivity contribution in [3.8, 4) is 11.5 Å². The first-order valence-electron chi connectivity index (χ1n) is 10.6. The lowest BCUT2D eigenvalue weighted by Crippen LogP contribution is -2.36. The minimum atomic E-state index is -0.133. The number of Topliss-reactive ketones (excluding diaryl/α,β-unsaturated/α-hetero) is 1. The fourth-order valence-electron chi connectivity index (χ4n) is 4.67. The van der Waals surface area contributed by atoms with Gasteiger partial charge in [-0.15, -0.1) is 0 Å². The number of para-hydroxylation sites is 1. The molecule has 154 valence electrons. The van der Waals surface area contributed by atoms with Crippen LogP contribution in [0.5, 0.6) is 11.5 Å². The van der Waals surface area contributed by atoms with E-state index in [2.05, 4.69) is 17.9 Å². The van der Waals surface area contributed by atoms with Crippen LogP contribution >= 0.6 is 0 Å². The Morgan fingerprint density at radius 3 is 2.87 bits per heavy atom. The van der Waals surface area contributed by atoms with Crippen LogP contribution in [0.2, 0.25) is 0 Å². The van der Waals surface area contributed by atoms with Crippen molar-refractivity contribution in [2.24, 2.45) is 7.05 Å². The molecule has 2 aliphatic rings. The first-order chi connectivity index (χ1) is 14.5. The molecule has 1 fully saturated rings. The number of ketones is 1. The Kier molecular flexibility index (Phi) is 4.63. The third kappa shape index (κ3) is 3.10. The molecular weight excluding hydrogens is 376 g/mol. The van der Waals surface area contributed by atoms with Gasteiger partial charge in [-0.05, 0) is 50.6 Å². The Morgan fingerprint density at radius 1 is 1.20 bits per heavy atom. The van der Waals surface area contributed by atoms with Crippen molar-refractivity contribution < 1.29 is 14.6 Å². The van der Waals surface area contributed by atoms with Crippen LogP contribution in [-0.4, -0.2) is 32.9 Å². The van der Waals surface area contributed by atoms with Gasteiger partial charge in [0, 0.05) is 42.3 Å². The monoisotopic (exact) mass is 402 g/mol. The number of aromatic hydroxyl groups is 1. The van der Waals surface area contributed by atoms with Gasteiger partial charge in [-0.3, -0.25) is 9.69 Å². The Hall–Kier alpha value is -3.05. The summed E-state index contributed by atoms with van der Waals surface area (Å²) >= 11 is 0. The second kappa shape index (κ2) is 7.33. The van der Waals surface area contributed by atoms with Crippen molar-refractivity contribution in [3.63, 3.8) is 0 Å². The molecule has 3 heterocycles. The molecule has 2 aliphatic heterocycles. The Bertz CT molecular complexity index is 1170. The van der Waals surface area contributed by atoms with Gasteiger partial charge in [0.2, 0.25) is 5.78 Å². The number of allylic oxidation sites excluding steroid dienone is 1. The fourth-order valence-corrected chi connectivity index (χ4v) is 4.67. The standard InChI is InChI=1S/C25H26N2O3/c1-16-7-5-6-12-27(16)15-20-22(28)11-10-19-24(29)23(30-25(19)20)13-17-14-26(2)21-9-4-3-8-18(17)21/h3-4,8-11,13-14,16,28H,5-7,12,15H2,1-2H3/b23-13-. The van der Waals surface area contributed by atoms with Crippen molar-refractivity contribution in [3.05, 3.63) is 65.0 Å². The smallest absolute Gasteiger partial charge is 0.231 e. The van der Waals surface area contributed by atoms with Crippen molar-refractivity contribution >= 4 is 22.8 Å². The average Bonchev–Trinajstić information content (AvgIpc) is 3.23. The van der Waals surface area contributed by atoms with Gasteiger partial charge in [-0.25, -0.2) is 0 Å². The van der Waals surface area contributed by atoms with Crippen molar-refractivity contribution in [1.29, 1.82) is 0 Å². The number of likely N-dealkylation sites (tertiary alicyclic amines) is 1. The molecule has 5 rings (SSSR count). The van der Waals surface area contributed by atoms with Gasteiger partial charge in [0.25, 0.3) is 0 Å². The summed E-state index contributed by atoms with van der Waals surface area (Å²) in [5.41, 5.74) is 3.28. The Morgan fingerprint density at radius 2 is 2.03 bits per heavy atom. The van der Waals surface area contributed by atoms with Gasteiger partial charge in [0.1, 0.15) is 11.5 Å². The van der Waals surface area contributed by atoms with Gasteiger partial charge in [0.05, 0.1) is 11.1 Å². The highest BCUT2D eigenvalue weighted by atomic mass is 16.5. The molecule has 2 aromatic carbocycles. The molecule has 1 unspecified atom stereocenters. The molecule has 0 bridgehead atoms. The number of ether oxygens (including phenoxy) is 1. The number of rotatable bonds is 3. The molecule has 0 aliphatic carbocycles. The molecular formula is C25H26N2O3. The second-order valence-corrected chi connectivity index (χ2v) is 8.41. The van der Waals surface area contributed by atoms with Gasteiger partial charge >= 0.3 is 0 Å². The van der Waals surface area contributed by atoms with Crippen LogP contribution < -0.4 is 4.74 Å². The molecule has 3 aromatic rings. The van der Waals surface area contributed by atoms with Crippen LogP contribution in [0.4, 0.5) is 0 Å².